The molecule has 0 aromatic heterocycles. The Morgan fingerprint density at radius 1 is 1.47 bits per heavy atom. The molecule has 1 aromatic rings. The van der Waals surface area contributed by atoms with Crippen LogP contribution in [-0.4, -0.2) is 22.1 Å². The van der Waals surface area contributed by atoms with Gasteiger partial charge in [0.05, 0.1) is 12.5 Å². The highest BCUT2D eigenvalue weighted by Gasteiger charge is 2.21. The lowest BCUT2D eigenvalue weighted by Gasteiger charge is -2.14. The summed E-state index contributed by atoms with van der Waals surface area (Å²) in [5.41, 5.74) is 2.32. The first kappa shape index (κ1) is 14.0. The zero-order chi connectivity index (χ0) is 14.0. The van der Waals surface area contributed by atoms with Crippen LogP contribution in [0, 0.1) is 0 Å². The zero-order valence-corrected chi connectivity index (χ0v) is 11.7. The van der Waals surface area contributed by atoms with Crippen molar-refractivity contribution in [2.24, 2.45) is 0 Å². The van der Waals surface area contributed by atoms with Gasteiger partial charge >= 0.3 is 5.97 Å². The number of fused-ring (bicyclic) bond motifs is 1. The highest BCUT2D eigenvalue weighted by atomic mass is 79.9. The third kappa shape index (κ3) is 3.33. The lowest BCUT2D eigenvalue weighted by molar-refractivity contribution is -0.137. The summed E-state index contributed by atoms with van der Waals surface area (Å²) >= 11 is 3.36. The maximum Gasteiger partial charge on any atom is 0.303 e. The van der Waals surface area contributed by atoms with Crippen LogP contribution in [0.4, 0.5) is 5.69 Å². The van der Waals surface area contributed by atoms with Crippen molar-refractivity contribution in [3.05, 3.63) is 27.7 Å². The van der Waals surface area contributed by atoms with E-state index < -0.39 is 12.1 Å². The highest BCUT2D eigenvalue weighted by molar-refractivity contribution is 9.10. The van der Waals surface area contributed by atoms with E-state index in [1.807, 2.05) is 0 Å². The summed E-state index contributed by atoms with van der Waals surface area (Å²) in [7, 11) is 0. The van der Waals surface area contributed by atoms with E-state index in [-0.39, 0.29) is 12.3 Å². The summed E-state index contributed by atoms with van der Waals surface area (Å²) in [6, 6.07) is 3.57. The van der Waals surface area contributed by atoms with Crippen LogP contribution in [0.15, 0.2) is 16.6 Å². The molecule has 1 aliphatic heterocycles. The van der Waals surface area contributed by atoms with Crippen LogP contribution in [0.25, 0.3) is 0 Å². The van der Waals surface area contributed by atoms with Crippen LogP contribution < -0.4 is 5.32 Å². The molecule has 0 aliphatic carbocycles. The van der Waals surface area contributed by atoms with Crippen LogP contribution >= 0.6 is 15.9 Å². The molecule has 1 amide bonds. The van der Waals surface area contributed by atoms with Crippen molar-refractivity contribution in [1.82, 2.24) is 0 Å². The summed E-state index contributed by atoms with van der Waals surface area (Å²) in [6.45, 7) is 0. The molecule has 0 saturated heterocycles. The summed E-state index contributed by atoms with van der Waals surface area (Å²) < 4.78 is 0.719. The number of benzene rings is 1. The molecule has 2 rings (SSSR count). The lowest BCUT2D eigenvalue weighted by Crippen LogP contribution is -2.03. The van der Waals surface area contributed by atoms with Gasteiger partial charge in [0.15, 0.2) is 0 Å². The minimum Gasteiger partial charge on any atom is -0.481 e. The monoisotopic (exact) mass is 327 g/mol. The van der Waals surface area contributed by atoms with E-state index in [9.17, 15) is 14.7 Å². The van der Waals surface area contributed by atoms with Crippen LogP contribution in [0.5, 0.6) is 0 Å². The largest absolute Gasteiger partial charge is 0.481 e. The molecule has 6 heteroatoms. The average Bonchev–Trinajstić information content (AvgIpc) is 2.66. The molecule has 1 heterocycles. The standard InChI is InChI=1S/C13H14BrNO4/c14-9-6-10-7(5-12(17)15-10)4-8(9)11(16)2-1-3-13(18)19/h4,6,11,16H,1-3,5H2,(H,15,17)(H,18,19)/t11-/m1/s1. The molecule has 0 radical (unpaired) electrons. The van der Waals surface area contributed by atoms with E-state index in [0.29, 0.717) is 24.8 Å². The van der Waals surface area contributed by atoms with Gasteiger partial charge in [-0.2, -0.15) is 0 Å². The fourth-order valence-corrected chi connectivity index (χ4v) is 2.73. The Morgan fingerprint density at radius 2 is 2.21 bits per heavy atom. The number of carboxylic acid groups (broad SMARTS) is 1. The van der Waals surface area contributed by atoms with Gasteiger partial charge in [0, 0.05) is 16.6 Å². The number of hydrogen-bond acceptors (Lipinski definition) is 3. The minimum absolute atomic E-state index is 0.0413. The first-order valence-electron chi connectivity index (χ1n) is 5.99. The van der Waals surface area contributed by atoms with E-state index in [4.69, 9.17) is 5.11 Å². The molecule has 3 N–H and O–H groups in total. The number of hydrogen-bond donors (Lipinski definition) is 3. The van der Waals surface area contributed by atoms with E-state index in [1.54, 1.807) is 12.1 Å². The molecule has 1 atom stereocenters. The Kier molecular flexibility index (Phi) is 4.21. The Morgan fingerprint density at radius 3 is 2.89 bits per heavy atom. The van der Waals surface area contributed by atoms with Gasteiger partial charge in [0.1, 0.15) is 0 Å². The van der Waals surface area contributed by atoms with E-state index in [2.05, 4.69) is 21.2 Å². The first-order valence-corrected chi connectivity index (χ1v) is 6.78. The van der Waals surface area contributed by atoms with Crippen molar-refractivity contribution in [2.75, 3.05) is 5.32 Å². The van der Waals surface area contributed by atoms with Gasteiger partial charge in [-0.05, 0) is 36.1 Å². The molecule has 1 aliphatic rings. The van der Waals surface area contributed by atoms with Gasteiger partial charge in [-0.25, -0.2) is 0 Å². The van der Waals surface area contributed by atoms with Crippen LogP contribution in [0.3, 0.4) is 0 Å². The second kappa shape index (κ2) is 5.71. The average molecular weight is 328 g/mol. The maximum atomic E-state index is 11.3. The molecular formula is C13H14BrNO4. The smallest absolute Gasteiger partial charge is 0.303 e. The Labute approximate surface area is 118 Å². The fourth-order valence-electron chi connectivity index (χ4n) is 2.12. The quantitative estimate of drug-likeness (QED) is 0.774. The van der Waals surface area contributed by atoms with Gasteiger partial charge in [-0.3, -0.25) is 9.59 Å². The number of aliphatic hydroxyl groups excluding tert-OH is 1. The number of halogens is 1. The fraction of sp³-hybridized carbons (Fsp3) is 0.385. The van der Waals surface area contributed by atoms with Crippen molar-refractivity contribution in [2.45, 2.75) is 31.8 Å². The number of aliphatic carboxylic acids is 1. The van der Waals surface area contributed by atoms with Gasteiger partial charge in [-0.15, -0.1) is 0 Å². The number of rotatable bonds is 5. The topological polar surface area (TPSA) is 86.6 Å². The normalized spacial score (nSPS) is 14.9. The number of anilines is 1. The zero-order valence-electron chi connectivity index (χ0n) is 10.1. The van der Waals surface area contributed by atoms with Gasteiger partial charge < -0.3 is 15.5 Å². The van der Waals surface area contributed by atoms with Gasteiger partial charge in [0.25, 0.3) is 0 Å². The third-order valence-corrected chi connectivity index (χ3v) is 3.76. The van der Waals surface area contributed by atoms with Crippen molar-refractivity contribution >= 4 is 33.5 Å². The van der Waals surface area contributed by atoms with Crippen LogP contribution in [-0.2, 0) is 16.0 Å². The van der Waals surface area contributed by atoms with Crippen molar-refractivity contribution in [3.63, 3.8) is 0 Å². The van der Waals surface area contributed by atoms with E-state index in [0.717, 1.165) is 15.7 Å². The summed E-state index contributed by atoms with van der Waals surface area (Å²) in [6.07, 6.45) is 0.425. The molecule has 0 fully saturated rings. The molecule has 0 spiro atoms. The SMILES string of the molecule is O=C(O)CCC[C@@H](O)c1cc2c(cc1Br)NC(=O)C2. The second-order valence-electron chi connectivity index (χ2n) is 4.56. The molecule has 1 aromatic carbocycles. The number of nitrogens with one attached hydrogen (secondary N) is 1. The van der Waals surface area contributed by atoms with E-state index in [1.165, 1.54) is 0 Å². The molecule has 102 valence electrons. The summed E-state index contributed by atoms with van der Waals surface area (Å²) in [4.78, 5) is 21.7. The first-order chi connectivity index (χ1) is 8.97. The predicted octanol–water partition coefficient (Wildman–Crippen LogP) is 2.23. The van der Waals surface area contributed by atoms with E-state index >= 15 is 0 Å². The molecule has 5 nitrogen and oxygen atoms in total. The number of amides is 1. The Hall–Kier alpha value is -1.40. The molecule has 0 bridgehead atoms. The number of carbonyl (C=O) groups is 2. The van der Waals surface area contributed by atoms with Crippen molar-refractivity contribution in [1.29, 1.82) is 0 Å². The van der Waals surface area contributed by atoms with Crippen LogP contribution in [0.2, 0.25) is 0 Å². The minimum atomic E-state index is -0.866. The second-order valence-corrected chi connectivity index (χ2v) is 5.41. The molecular weight excluding hydrogens is 314 g/mol. The van der Waals surface area contributed by atoms with Crippen molar-refractivity contribution in [3.8, 4) is 0 Å². The van der Waals surface area contributed by atoms with Crippen LogP contribution in [0.1, 0.15) is 36.5 Å². The molecule has 19 heavy (non-hydrogen) atoms. The number of aliphatic hydroxyl groups is 1. The van der Waals surface area contributed by atoms with Crippen molar-refractivity contribution < 1.29 is 19.8 Å². The number of carbonyl (C=O) groups excluding carboxylic acids is 1. The third-order valence-electron chi connectivity index (χ3n) is 3.07. The highest BCUT2D eigenvalue weighted by Crippen LogP contribution is 2.34. The Balaban J connectivity index is 2.10. The molecule has 0 saturated carbocycles. The van der Waals surface area contributed by atoms with Gasteiger partial charge in [0.2, 0.25) is 5.91 Å². The lowest BCUT2D eigenvalue weighted by atomic mass is 10.0. The Bertz CT molecular complexity index is 530. The number of carboxylic acids is 1. The van der Waals surface area contributed by atoms with Gasteiger partial charge in [-0.1, -0.05) is 15.9 Å². The summed E-state index contributed by atoms with van der Waals surface area (Å²) in [5, 5.41) is 21.4. The predicted molar refractivity (Wildman–Crippen MR) is 72.9 cm³/mol. The summed E-state index contributed by atoms with van der Waals surface area (Å²) in [5.74, 6) is -0.922. The maximum absolute atomic E-state index is 11.3. The molecule has 0 unspecified atom stereocenters.